The molecule has 1 amide bonds. The third-order valence-electron chi connectivity index (χ3n) is 4.27. The van der Waals surface area contributed by atoms with Crippen molar-refractivity contribution in [2.24, 2.45) is 0 Å². The van der Waals surface area contributed by atoms with Crippen LogP contribution in [0, 0.1) is 5.82 Å². The van der Waals surface area contributed by atoms with Gasteiger partial charge in [-0.1, -0.05) is 42.5 Å². The minimum atomic E-state index is -3.83. The Morgan fingerprint density at radius 1 is 0.964 bits per heavy atom. The molecule has 144 valence electrons. The van der Waals surface area contributed by atoms with E-state index in [9.17, 15) is 17.6 Å². The lowest BCUT2D eigenvalue weighted by atomic mass is 10.2. The van der Waals surface area contributed by atoms with E-state index < -0.39 is 21.7 Å². The summed E-state index contributed by atoms with van der Waals surface area (Å²) in [7, 11) is -2.37. The first-order valence-corrected chi connectivity index (χ1v) is 9.99. The van der Waals surface area contributed by atoms with Crippen molar-refractivity contribution in [3.8, 4) is 0 Å². The average molecular weight is 398 g/mol. The Morgan fingerprint density at radius 2 is 1.64 bits per heavy atom. The van der Waals surface area contributed by atoms with Crippen LogP contribution in [0.25, 0.3) is 0 Å². The maximum absolute atomic E-state index is 13.7. The van der Waals surface area contributed by atoms with Crippen molar-refractivity contribution in [2.45, 2.75) is 11.4 Å². The number of halogens is 1. The molecule has 3 aromatic rings. The van der Waals surface area contributed by atoms with E-state index in [-0.39, 0.29) is 17.0 Å². The molecule has 1 N–H and O–H groups in total. The zero-order valence-corrected chi connectivity index (χ0v) is 16.0. The van der Waals surface area contributed by atoms with E-state index in [1.165, 1.54) is 37.4 Å². The van der Waals surface area contributed by atoms with Crippen LogP contribution in [0.1, 0.15) is 15.9 Å². The van der Waals surface area contributed by atoms with Crippen molar-refractivity contribution in [2.75, 3.05) is 11.4 Å². The Morgan fingerprint density at radius 3 is 2.36 bits per heavy atom. The minimum Gasteiger partial charge on any atom is -0.348 e. The summed E-state index contributed by atoms with van der Waals surface area (Å²) in [4.78, 5) is 12.4. The van der Waals surface area contributed by atoms with Crippen LogP contribution in [0.15, 0.2) is 83.8 Å². The normalized spacial score (nSPS) is 11.1. The molecule has 0 saturated carbocycles. The molecule has 0 atom stereocenters. The molecule has 0 aliphatic rings. The Hall–Kier alpha value is -3.19. The second-order valence-corrected chi connectivity index (χ2v) is 8.08. The van der Waals surface area contributed by atoms with Gasteiger partial charge in [-0.15, -0.1) is 0 Å². The lowest BCUT2D eigenvalue weighted by Crippen LogP contribution is -2.27. The van der Waals surface area contributed by atoms with E-state index in [4.69, 9.17) is 0 Å². The highest BCUT2D eigenvalue weighted by atomic mass is 32.2. The number of hydrogen-bond acceptors (Lipinski definition) is 3. The third kappa shape index (κ3) is 4.20. The van der Waals surface area contributed by atoms with Gasteiger partial charge < -0.3 is 5.32 Å². The summed E-state index contributed by atoms with van der Waals surface area (Å²) in [5, 5.41) is 2.61. The topological polar surface area (TPSA) is 66.5 Å². The number of carbonyl (C=O) groups excluding carboxylic acids is 1. The second kappa shape index (κ2) is 8.22. The fourth-order valence-electron chi connectivity index (χ4n) is 2.65. The van der Waals surface area contributed by atoms with Gasteiger partial charge >= 0.3 is 0 Å². The molecule has 0 saturated heterocycles. The summed E-state index contributed by atoms with van der Waals surface area (Å²) in [5.41, 5.74) is 1.04. The largest absolute Gasteiger partial charge is 0.348 e. The molecule has 28 heavy (non-hydrogen) atoms. The highest BCUT2D eigenvalue weighted by Gasteiger charge is 2.22. The van der Waals surface area contributed by atoms with E-state index in [0.717, 1.165) is 4.31 Å². The van der Waals surface area contributed by atoms with Crippen molar-refractivity contribution in [3.05, 3.63) is 95.8 Å². The lowest BCUT2D eigenvalue weighted by molar-refractivity contribution is 0.0950. The van der Waals surface area contributed by atoms with Gasteiger partial charge in [-0.2, -0.15) is 0 Å². The number of anilines is 1. The zero-order valence-electron chi connectivity index (χ0n) is 15.2. The maximum Gasteiger partial charge on any atom is 0.264 e. The van der Waals surface area contributed by atoms with E-state index in [1.807, 2.05) is 0 Å². The molecule has 3 aromatic carbocycles. The SMILES string of the molecule is CN(c1ccccc1)S(=O)(=O)c1cccc(C(=O)NCc2ccccc2F)c1. The van der Waals surface area contributed by atoms with Gasteiger partial charge in [-0.05, 0) is 36.4 Å². The maximum atomic E-state index is 13.7. The molecule has 0 spiro atoms. The van der Waals surface area contributed by atoms with Crippen LogP contribution < -0.4 is 9.62 Å². The number of carbonyl (C=O) groups is 1. The molecule has 3 rings (SSSR count). The average Bonchev–Trinajstić information content (AvgIpc) is 2.73. The summed E-state index contributed by atoms with van der Waals surface area (Å²) < 4.78 is 40.6. The van der Waals surface area contributed by atoms with Gasteiger partial charge in [-0.25, -0.2) is 12.8 Å². The standard InChI is InChI=1S/C21H19FN2O3S/c1-24(18-10-3-2-4-11-18)28(26,27)19-12-7-9-16(14-19)21(25)23-15-17-8-5-6-13-20(17)22/h2-14H,15H2,1H3,(H,23,25). The van der Waals surface area contributed by atoms with Crippen molar-refractivity contribution < 1.29 is 17.6 Å². The number of rotatable bonds is 6. The van der Waals surface area contributed by atoms with Gasteiger partial charge in [0.15, 0.2) is 0 Å². The van der Waals surface area contributed by atoms with Crippen molar-refractivity contribution in [1.29, 1.82) is 0 Å². The quantitative estimate of drug-likeness (QED) is 0.690. The van der Waals surface area contributed by atoms with Gasteiger partial charge in [-0.3, -0.25) is 9.10 Å². The molecule has 0 bridgehead atoms. The first kappa shape index (κ1) is 19.6. The number of hydrogen-bond donors (Lipinski definition) is 1. The van der Waals surface area contributed by atoms with Crippen LogP contribution in [-0.2, 0) is 16.6 Å². The van der Waals surface area contributed by atoms with Crippen molar-refractivity contribution in [1.82, 2.24) is 5.32 Å². The molecule has 0 unspecified atom stereocenters. The minimum absolute atomic E-state index is 0.00241. The molecule has 5 nitrogen and oxygen atoms in total. The number of nitrogens with zero attached hydrogens (tertiary/aromatic N) is 1. The Balaban J connectivity index is 1.79. The number of sulfonamides is 1. The summed E-state index contributed by atoms with van der Waals surface area (Å²) in [6.45, 7) is 0.00635. The Bertz CT molecular complexity index is 1090. The van der Waals surface area contributed by atoms with Crippen LogP contribution >= 0.6 is 0 Å². The number of nitrogens with one attached hydrogen (secondary N) is 1. The highest BCUT2D eigenvalue weighted by Crippen LogP contribution is 2.22. The summed E-state index contributed by atoms with van der Waals surface area (Å²) in [5.74, 6) is -0.897. The number of benzene rings is 3. The summed E-state index contributed by atoms with van der Waals surface area (Å²) in [6, 6.07) is 20.5. The molecular weight excluding hydrogens is 379 g/mol. The monoisotopic (exact) mass is 398 g/mol. The number of amides is 1. The molecular formula is C21H19FN2O3S. The van der Waals surface area contributed by atoms with Gasteiger partial charge in [0.2, 0.25) is 0 Å². The predicted molar refractivity (Wildman–Crippen MR) is 106 cm³/mol. The van der Waals surface area contributed by atoms with E-state index in [1.54, 1.807) is 48.5 Å². The predicted octanol–water partition coefficient (Wildman–Crippen LogP) is 3.58. The van der Waals surface area contributed by atoms with Gasteiger partial charge in [0, 0.05) is 24.7 Å². The zero-order chi connectivity index (χ0) is 20.1. The van der Waals surface area contributed by atoms with Crippen LogP contribution in [0.4, 0.5) is 10.1 Å². The summed E-state index contributed by atoms with van der Waals surface area (Å²) >= 11 is 0. The van der Waals surface area contributed by atoms with E-state index in [0.29, 0.717) is 11.3 Å². The first-order chi connectivity index (χ1) is 13.4. The Labute approximate surface area is 163 Å². The second-order valence-electron chi connectivity index (χ2n) is 6.11. The van der Waals surface area contributed by atoms with Gasteiger partial charge in [0.05, 0.1) is 10.6 Å². The van der Waals surface area contributed by atoms with Crippen molar-refractivity contribution in [3.63, 3.8) is 0 Å². The molecule has 0 aliphatic heterocycles. The third-order valence-corrected chi connectivity index (χ3v) is 6.05. The highest BCUT2D eigenvalue weighted by molar-refractivity contribution is 7.92. The van der Waals surface area contributed by atoms with Crippen LogP contribution in [0.5, 0.6) is 0 Å². The first-order valence-electron chi connectivity index (χ1n) is 8.55. The summed E-state index contributed by atoms with van der Waals surface area (Å²) in [6.07, 6.45) is 0. The van der Waals surface area contributed by atoms with E-state index in [2.05, 4.69) is 5.32 Å². The van der Waals surface area contributed by atoms with Crippen LogP contribution in [0.2, 0.25) is 0 Å². The van der Waals surface area contributed by atoms with Gasteiger partial charge in [0.1, 0.15) is 5.82 Å². The van der Waals surface area contributed by atoms with Crippen LogP contribution in [-0.4, -0.2) is 21.4 Å². The fraction of sp³-hybridized carbons (Fsp3) is 0.0952. The smallest absolute Gasteiger partial charge is 0.264 e. The molecule has 0 fully saturated rings. The molecule has 0 aromatic heterocycles. The van der Waals surface area contributed by atoms with E-state index >= 15 is 0 Å². The Kier molecular flexibility index (Phi) is 5.75. The molecule has 0 heterocycles. The number of para-hydroxylation sites is 1. The molecule has 7 heteroatoms. The molecule has 0 radical (unpaired) electrons. The van der Waals surface area contributed by atoms with Crippen molar-refractivity contribution >= 4 is 21.6 Å². The van der Waals surface area contributed by atoms with Gasteiger partial charge in [0.25, 0.3) is 15.9 Å². The fourth-order valence-corrected chi connectivity index (χ4v) is 3.89. The van der Waals surface area contributed by atoms with Crippen LogP contribution in [0.3, 0.4) is 0 Å². The molecule has 0 aliphatic carbocycles. The lowest BCUT2D eigenvalue weighted by Gasteiger charge is -2.19.